The standard InChI is InChI=1S/C14H24N2O3/c1-3-11(12(17)19-2)16-13(18)14-7-5-4-6-10(14)8-15-9-14/h10-11,15H,3-9H2,1-2H3,(H,16,18)/t10-,11?,14+/m0/s1. The first-order valence-corrected chi connectivity index (χ1v) is 7.23. The van der Waals surface area contributed by atoms with E-state index in [0.717, 1.165) is 32.4 Å². The molecule has 2 fully saturated rings. The summed E-state index contributed by atoms with van der Waals surface area (Å²) in [6.07, 6.45) is 4.90. The molecule has 1 heterocycles. The SMILES string of the molecule is CCC(NC(=O)[C@@]12CCCC[C@H]1CNC2)C(=O)OC. The highest BCUT2D eigenvalue weighted by atomic mass is 16.5. The molecule has 2 rings (SSSR count). The van der Waals surface area contributed by atoms with Crippen molar-refractivity contribution in [1.82, 2.24) is 10.6 Å². The molecule has 108 valence electrons. The van der Waals surface area contributed by atoms with Crippen LogP contribution >= 0.6 is 0 Å². The fraction of sp³-hybridized carbons (Fsp3) is 0.857. The Kier molecular flexibility index (Phi) is 4.45. The summed E-state index contributed by atoms with van der Waals surface area (Å²) >= 11 is 0. The zero-order chi connectivity index (χ0) is 13.9. The lowest BCUT2D eigenvalue weighted by atomic mass is 9.67. The highest BCUT2D eigenvalue weighted by Gasteiger charge is 2.50. The second-order valence-electron chi connectivity index (χ2n) is 5.69. The minimum atomic E-state index is -0.518. The molecule has 0 aromatic rings. The number of rotatable bonds is 4. The predicted octanol–water partition coefficient (Wildman–Crippen LogP) is 0.834. The van der Waals surface area contributed by atoms with E-state index in [9.17, 15) is 9.59 Å². The van der Waals surface area contributed by atoms with E-state index in [1.54, 1.807) is 0 Å². The fourth-order valence-electron chi connectivity index (χ4n) is 3.46. The van der Waals surface area contributed by atoms with Gasteiger partial charge in [0.15, 0.2) is 0 Å². The van der Waals surface area contributed by atoms with Crippen LogP contribution in [0.3, 0.4) is 0 Å². The van der Waals surface area contributed by atoms with E-state index in [-0.39, 0.29) is 17.3 Å². The Hall–Kier alpha value is -1.10. The molecule has 5 heteroatoms. The van der Waals surface area contributed by atoms with Gasteiger partial charge < -0.3 is 15.4 Å². The molecule has 1 aliphatic carbocycles. The zero-order valence-electron chi connectivity index (χ0n) is 11.8. The molecule has 1 amide bonds. The van der Waals surface area contributed by atoms with Gasteiger partial charge in [0.25, 0.3) is 0 Å². The van der Waals surface area contributed by atoms with Gasteiger partial charge in [0.05, 0.1) is 12.5 Å². The summed E-state index contributed by atoms with van der Waals surface area (Å²) in [6.45, 7) is 3.54. The van der Waals surface area contributed by atoms with Crippen LogP contribution in [0.2, 0.25) is 0 Å². The third kappa shape index (κ3) is 2.61. The summed E-state index contributed by atoms with van der Waals surface area (Å²) in [7, 11) is 1.36. The highest BCUT2D eigenvalue weighted by molar-refractivity contribution is 5.88. The van der Waals surface area contributed by atoms with Gasteiger partial charge in [-0.2, -0.15) is 0 Å². The molecule has 2 N–H and O–H groups in total. The Labute approximate surface area is 114 Å². The average molecular weight is 268 g/mol. The quantitative estimate of drug-likeness (QED) is 0.741. The van der Waals surface area contributed by atoms with Crippen LogP contribution in [0, 0.1) is 11.3 Å². The van der Waals surface area contributed by atoms with E-state index >= 15 is 0 Å². The Morgan fingerprint density at radius 2 is 2.26 bits per heavy atom. The van der Waals surface area contributed by atoms with Crippen molar-refractivity contribution in [1.29, 1.82) is 0 Å². The first-order valence-electron chi connectivity index (χ1n) is 7.23. The molecule has 2 aliphatic rings. The smallest absolute Gasteiger partial charge is 0.328 e. The second-order valence-corrected chi connectivity index (χ2v) is 5.69. The van der Waals surface area contributed by atoms with Crippen LogP contribution in [0.25, 0.3) is 0 Å². The molecule has 0 bridgehead atoms. The summed E-state index contributed by atoms with van der Waals surface area (Å²) in [5.41, 5.74) is -0.306. The van der Waals surface area contributed by atoms with Gasteiger partial charge in [0, 0.05) is 6.54 Å². The number of amides is 1. The van der Waals surface area contributed by atoms with Crippen molar-refractivity contribution in [2.45, 2.75) is 45.1 Å². The van der Waals surface area contributed by atoms with Gasteiger partial charge in [-0.1, -0.05) is 19.8 Å². The molecule has 0 aromatic carbocycles. The van der Waals surface area contributed by atoms with E-state index in [1.165, 1.54) is 13.5 Å². The molecular weight excluding hydrogens is 244 g/mol. The summed E-state index contributed by atoms with van der Waals surface area (Å²) in [6, 6.07) is -0.518. The van der Waals surface area contributed by atoms with Gasteiger partial charge in [-0.15, -0.1) is 0 Å². The van der Waals surface area contributed by atoms with Crippen LogP contribution in [0.5, 0.6) is 0 Å². The molecule has 19 heavy (non-hydrogen) atoms. The van der Waals surface area contributed by atoms with Crippen LogP contribution in [0.4, 0.5) is 0 Å². The summed E-state index contributed by atoms with van der Waals surface area (Å²) in [5.74, 6) is 0.0846. The third-order valence-corrected chi connectivity index (χ3v) is 4.69. The normalized spacial score (nSPS) is 31.4. The van der Waals surface area contributed by atoms with E-state index in [1.807, 2.05) is 6.92 Å². The summed E-state index contributed by atoms with van der Waals surface area (Å²) in [4.78, 5) is 24.2. The Bertz CT molecular complexity index is 359. The Balaban J connectivity index is 2.07. The van der Waals surface area contributed by atoms with Crippen molar-refractivity contribution in [3.05, 3.63) is 0 Å². The van der Waals surface area contributed by atoms with Crippen LogP contribution < -0.4 is 10.6 Å². The monoisotopic (exact) mass is 268 g/mol. The van der Waals surface area contributed by atoms with E-state index < -0.39 is 6.04 Å². The lowest BCUT2D eigenvalue weighted by Gasteiger charge is -2.37. The van der Waals surface area contributed by atoms with Gasteiger partial charge in [0.2, 0.25) is 5.91 Å². The highest BCUT2D eigenvalue weighted by Crippen LogP contribution is 2.43. The number of ether oxygens (including phenoxy) is 1. The van der Waals surface area contributed by atoms with Gasteiger partial charge >= 0.3 is 5.97 Å². The van der Waals surface area contributed by atoms with Gasteiger partial charge in [-0.25, -0.2) is 4.79 Å². The average Bonchev–Trinajstić information content (AvgIpc) is 2.88. The molecule has 1 saturated carbocycles. The topological polar surface area (TPSA) is 67.4 Å². The number of carbonyl (C=O) groups is 2. The maximum absolute atomic E-state index is 12.6. The van der Waals surface area contributed by atoms with Gasteiger partial charge in [-0.05, 0) is 31.7 Å². The van der Waals surface area contributed by atoms with E-state index in [4.69, 9.17) is 4.74 Å². The van der Waals surface area contributed by atoms with Crippen molar-refractivity contribution in [3.8, 4) is 0 Å². The molecule has 1 saturated heterocycles. The van der Waals surface area contributed by atoms with E-state index in [2.05, 4.69) is 10.6 Å². The minimum absolute atomic E-state index is 0.0273. The lowest BCUT2D eigenvalue weighted by Crippen LogP contribution is -2.52. The van der Waals surface area contributed by atoms with Crippen LogP contribution in [0.15, 0.2) is 0 Å². The molecule has 3 atom stereocenters. The largest absolute Gasteiger partial charge is 0.467 e. The number of esters is 1. The number of nitrogens with one attached hydrogen (secondary N) is 2. The van der Waals surface area contributed by atoms with Crippen molar-refractivity contribution in [2.24, 2.45) is 11.3 Å². The molecule has 0 aromatic heterocycles. The predicted molar refractivity (Wildman–Crippen MR) is 71.5 cm³/mol. The molecular formula is C14H24N2O3. The molecule has 0 radical (unpaired) electrons. The molecule has 1 unspecified atom stereocenters. The van der Waals surface area contributed by atoms with Crippen LogP contribution in [-0.2, 0) is 14.3 Å². The first-order chi connectivity index (χ1) is 9.14. The molecule has 1 aliphatic heterocycles. The maximum Gasteiger partial charge on any atom is 0.328 e. The Morgan fingerprint density at radius 1 is 1.47 bits per heavy atom. The Morgan fingerprint density at radius 3 is 2.95 bits per heavy atom. The number of hydrogen-bond acceptors (Lipinski definition) is 4. The third-order valence-electron chi connectivity index (χ3n) is 4.69. The number of methoxy groups -OCH3 is 1. The van der Waals surface area contributed by atoms with Crippen LogP contribution in [-0.4, -0.2) is 38.1 Å². The second kappa shape index (κ2) is 5.90. The molecule has 5 nitrogen and oxygen atoms in total. The number of fused-ring (bicyclic) bond motifs is 1. The minimum Gasteiger partial charge on any atom is -0.467 e. The summed E-state index contributed by atoms with van der Waals surface area (Å²) in [5, 5.41) is 6.24. The first kappa shape index (κ1) is 14.3. The molecule has 0 spiro atoms. The fourth-order valence-corrected chi connectivity index (χ4v) is 3.46. The number of carbonyl (C=O) groups excluding carboxylic acids is 2. The van der Waals surface area contributed by atoms with Crippen molar-refractivity contribution >= 4 is 11.9 Å². The number of hydrogen-bond donors (Lipinski definition) is 2. The van der Waals surface area contributed by atoms with Gasteiger partial charge in [-0.3, -0.25) is 4.79 Å². The van der Waals surface area contributed by atoms with Crippen molar-refractivity contribution in [2.75, 3.05) is 20.2 Å². The lowest BCUT2D eigenvalue weighted by molar-refractivity contribution is -0.147. The van der Waals surface area contributed by atoms with Gasteiger partial charge in [0.1, 0.15) is 6.04 Å². The zero-order valence-corrected chi connectivity index (χ0v) is 11.8. The van der Waals surface area contributed by atoms with Crippen molar-refractivity contribution < 1.29 is 14.3 Å². The van der Waals surface area contributed by atoms with E-state index in [0.29, 0.717) is 12.3 Å². The summed E-state index contributed by atoms with van der Waals surface area (Å²) < 4.78 is 4.73. The van der Waals surface area contributed by atoms with Crippen molar-refractivity contribution in [3.63, 3.8) is 0 Å². The maximum atomic E-state index is 12.6. The van der Waals surface area contributed by atoms with Crippen LogP contribution in [0.1, 0.15) is 39.0 Å².